The van der Waals surface area contributed by atoms with Crippen molar-refractivity contribution in [3.63, 3.8) is 0 Å². The third kappa shape index (κ3) is 5.98. The Morgan fingerprint density at radius 3 is 2.27 bits per heavy atom. The Hall–Kier alpha value is -1.68. The van der Waals surface area contributed by atoms with Gasteiger partial charge >= 0.3 is 12.4 Å². The van der Waals surface area contributed by atoms with Crippen molar-refractivity contribution in [2.45, 2.75) is 18.5 Å². The van der Waals surface area contributed by atoms with Gasteiger partial charge in [-0.1, -0.05) is 0 Å². The molecule has 126 valence electrons. The van der Waals surface area contributed by atoms with Crippen LogP contribution in [0.2, 0.25) is 0 Å². The minimum atomic E-state index is -4.69. The van der Waals surface area contributed by atoms with Gasteiger partial charge < -0.3 is 20.3 Å². The zero-order valence-corrected chi connectivity index (χ0v) is 11.0. The summed E-state index contributed by atoms with van der Waals surface area (Å²) in [5.74, 6) is -0.449. The molecule has 0 fully saturated rings. The van der Waals surface area contributed by atoms with Gasteiger partial charge in [-0.2, -0.15) is 26.3 Å². The molecule has 3 N–H and O–H groups in total. The number of alkyl halides is 6. The molecule has 0 aliphatic rings. The van der Waals surface area contributed by atoms with Crippen LogP contribution in [0, 0.1) is 0 Å². The average molecular weight is 333 g/mol. The van der Waals surface area contributed by atoms with Crippen molar-refractivity contribution < 1.29 is 41.3 Å². The summed E-state index contributed by atoms with van der Waals surface area (Å²) in [6, 6.07) is 1.90. The molecular weight excluding hydrogens is 320 g/mol. The second-order valence-electron chi connectivity index (χ2n) is 4.33. The summed E-state index contributed by atoms with van der Waals surface area (Å²) in [7, 11) is 0. The lowest BCUT2D eigenvalue weighted by atomic mass is 10.1. The number of hydrogen-bond acceptors (Lipinski definition) is 4. The van der Waals surface area contributed by atoms with E-state index in [2.05, 4.69) is 10.1 Å². The highest BCUT2D eigenvalue weighted by Crippen LogP contribution is 2.35. The number of rotatable bonds is 6. The standard InChI is InChI=1S/C12H13F6NO3/c13-11(14,15)6-22-10-2-1-7(12(16,17)18)3-9(10)19-4-8(21)5-20/h1-3,8,19-21H,4-6H2. The number of aliphatic hydroxyl groups is 2. The van der Waals surface area contributed by atoms with Crippen molar-refractivity contribution in [1.29, 1.82) is 0 Å². The maximum Gasteiger partial charge on any atom is 0.422 e. The Morgan fingerprint density at radius 2 is 1.77 bits per heavy atom. The topological polar surface area (TPSA) is 61.7 Å². The van der Waals surface area contributed by atoms with Gasteiger partial charge in [-0.05, 0) is 18.2 Å². The number of hydrogen-bond donors (Lipinski definition) is 3. The third-order valence-corrected chi connectivity index (χ3v) is 2.44. The van der Waals surface area contributed by atoms with Crippen LogP contribution >= 0.6 is 0 Å². The van der Waals surface area contributed by atoms with E-state index in [-0.39, 0.29) is 12.2 Å². The van der Waals surface area contributed by atoms with Gasteiger partial charge in [-0.15, -0.1) is 0 Å². The second kappa shape index (κ2) is 7.05. The van der Waals surface area contributed by atoms with Gasteiger partial charge in [0, 0.05) is 6.54 Å². The quantitative estimate of drug-likeness (QED) is 0.700. The molecule has 1 rings (SSSR count). The summed E-state index contributed by atoms with van der Waals surface area (Å²) >= 11 is 0. The highest BCUT2D eigenvalue weighted by molar-refractivity contribution is 5.58. The molecule has 22 heavy (non-hydrogen) atoms. The van der Waals surface area contributed by atoms with Crippen molar-refractivity contribution >= 4 is 5.69 Å². The van der Waals surface area contributed by atoms with Crippen LogP contribution in [-0.4, -0.2) is 42.3 Å². The lowest BCUT2D eigenvalue weighted by Crippen LogP contribution is -2.24. The minimum Gasteiger partial charge on any atom is -0.482 e. The van der Waals surface area contributed by atoms with E-state index in [1.54, 1.807) is 0 Å². The lowest BCUT2D eigenvalue weighted by molar-refractivity contribution is -0.153. The molecule has 0 radical (unpaired) electrons. The molecule has 0 amide bonds. The molecule has 1 aromatic carbocycles. The number of ether oxygens (including phenoxy) is 1. The van der Waals surface area contributed by atoms with Gasteiger partial charge in [0.25, 0.3) is 0 Å². The summed E-state index contributed by atoms with van der Waals surface area (Å²) in [6.45, 7) is -2.69. The van der Waals surface area contributed by atoms with Gasteiger partial charge in [0.05, 0.1) is 24.0 Å². The maximum absolute atomic E-state index is 12.6. The molecule has 10 heteroatoms. The van der Waals surface area contributed by atoms with E-state index in [1.807, 2.05) is 0 Å². The molecule has 1 unspecified atom stereocenters. The number of nitrogens with one attached hydrogen (secondary N) is 1. The van der Waals surface area contributed by atoms with Gasteiger partial charge in [0.15, 0.2) is 6.61 Å². The summed E-state index contributed by atoms with van der Waals surface area (Å²) in [4.78, 5) is 0. The van der Waals surface area contributed by atoms with Gasteiger partial charge in [0.1, 0.15) is 5.75 Å². The van der Waals surface area contributed by atoms with Crippen molar-refractivity contribution in [3.05, 3.63) is 23.8 Å². The van der Waals surface area contributed by atoms with Crippen LogP contribution in [0.3, 0.4) is 0 Å². The van der Waals surface area contributed by atoms with Gasteiger partial charge in [0.2, 0.25) is 0 Å². The molecule has 0 saturated carbocycles. The smallest absolute Gasteiger partial charge is 0.422 e. The Bertz CT molecular complexity index is 489. The van der Waals surface area contributed by atoms with E-state index >= 15 is 0 Å². The molecule has 1 atom stereocenters. The van der Waals surface area contributed by atoms with Crippen LogP contribution in [-0.2, 0) is 6.18 Å². The van der Waals surface area contributed by atoms with Crippen LogP contribution < -0.4 is 10.1 Å². The monoisotopic (exact) mass is 333 g/mol. The highest BCUT2D eigenvalue weighted by Gasteiger charge is 2.32. The number of halogens is 6. The second-order valence-corrected chi connectivity index (χ2v) is 4.33. The van der Waals surface area contributed by atoms with E-state index in [0.29, 0.717) is 12.1 Å². The summed E-state index contributed by atoms with van der Waals surface area (Å²) in [5.41, 5.74) is -1.46. The molecule has 0 aliphatic heterocycles. The van der Waals surface area contributed by atoms with Crippen LogP contribution in [0.5, 0.6) is 5.75 Å². The Balaban J connectivity index is 2.98. The zero-order valence-electron chi connectivity index (χ0n) is 11.0. The highest BCUT2D eigenvalue weighted by atomic mass is 19.4. The molecule has 0 saturated heterocycles. The summed E-state index contributed by atoms with van der Waals surface area (Å²) in [5, 5.41) is 20.1. The largest absolute Gasteiger partial charge is 0.482 e. The van der Waals surface area contributed by atoms with E-state index in [9.17, 15) is 26.3 Å². The lowest BCUT2D eigenvalue weighted by Gasteiger charge is -2.17. The zero-order chi connectivity index (χ0) is 17.0. The Kier molecular flexibility index (Phi) is 5.89. The Labute approximate surface area is 121 Å². The fourth-order valence-electron chi connectivity index (χ4n) is 1.42. The first kappa shape index (κ1) is 18.4. The molecular formula is C12H13F6NO3. The summed E-state index contributed by atoms with van der Waals surface area (Å²) in [6.07, 6.45) is -10.6. The molecule has 0 heterocycles. The Morgan fingerprint density at radius 1 is 1.14 bits per heavy atom. The maximum atomic E-state index is 12.6. The fourth-order valence-corrected chi connectivity index (χ4v) is 1.42. The van der Waals surface area contributed by atoms with E-state index in [4.69, 9.17) is 10.2 Å². The van der Waals surface area contributed by atoms with Crippen molar-refractivity contribution in [2.75, 3.05) is 25.1 Å². The van der Waals surface area contributed by atoms with Gasteiger partial charge in [-0.3, -0.25) is 0 Å². The van der Waals surface area contributed by atoms with Crippen LogP contribution in [0.15, 0.2) is 18.2 Å². The van der Waals surface area contributed by atoms with E-state index in [0.717, 1.165) is 6.07 Å². The summed E-state index contributed by atoms with van der Waals surface area (Å²) < 4.78 is 78.6. The SMILES string of the molecule is OCC(O)CNc1cc(C(F)(F)F)ccc1OCC(F)(F)F. The van der Waals surface area contributed by atoms with Gasteiger partial charge in [-0.25, -0.2) is 0 Å². The predicted molar refractivity (Wildman–Crippen MR) is 64.6 cm³/mol. The average Bonchev–Trinajstić information content (AvgIpc) is 2.40. The first-order valence-electron chi connectivity index (χ1n) is 5.96. The molecule has 0 aromatic heterocycles. The number of anilines is 1. The number of aliphatic hydroxyl groups excluding tert-OH is 2. The van der Waals surface area contributed by atoms with Crippen molar-refractivity contribution in [3.8, 4) is 5.75 Å². The molecule has 4 nitrogen and oxygen atoms in total. The van der Waals surface area contributed by atoms with E-state index < -0.39 is 43.0 Å². The van der Waals surface area contributed by atoms with Crippen LogP contribution in [0.4, 0.5) is 32.0 Å². The van der Waals surface area contributed by atoms with Crippen molar-refractivity contribution in [1.82, 2.24) is 0 Å². The van der Waals surface area contributed by atoms with Crippen LogP contribution in [0.1, 0.15) is 5.56 Å². The fraction of sp³-hybridized carbons (Fsp3) is 0.500. The third-order valence-electron chi connectivity index (χ3n) is 2.44. The predicted octanol–water partition coefficient (Wildman–Crippen LogP) is 2.41. The minimum absolute atomic E-state index is 0.361. The molecule has 0 bridgehead atoms. The number of benzene rings is 1. The molecule has 0 aliphatic carbocycles. The molecule has 0 spiro atoms. The first-order valence-corrected chi connectivity index (χ1v) is 5.96. The normalized spacial score (nSPS) is 13.8. The van der Waals surface area contributed by atoms with Crippen molar-refractivity contribution in [2.24, 2.45) is 0 Å². The van der Waals surface area contributed by atoms with Crippen LogP contribution in [0.25, 0.3) is 0 Å². The van der Waals surface area contributed by atoms with E-state index in [1.165, 1.54) is 0 Å². The first-order chi connectivity index (χ1) is 10.0. The molecule has 1 aromatic rings.